The second kappa shape index (κ2) is 7.72. The summed E-state index contributed by atoms with van der Waals surface area (Å²) >= 11 is 0. The van der Waals surface area contributed by atoms with Gasteiger partial charge in [-0.05, 0) is 63.6 Å². The lowest BCUT2D eigenvalue weighted by Gasteiger charge is -2.14. The second-order valence-electron chi connectivity index (χ2n) is 6.60. The van der Waals surface area contributed by atoms with Crippen LogP contribution in [-0.2, 0) is 9.53 Å². The highest BCUT2D eigenvalue weighted by atomic mass is 19.1. The highest BCUT2D eigenvalue weighted by molar-refractivity contribution is 5.98. The number of aromatic nitrogens is 2. The Labute approximate surface area is 161 Å². The maximum Gasteiger partial charge on any atom is 0.338 e. The van der Waals surface area contributed by atoms with E-state index in [4.69, 9.17) is 4.74 Å². The van der Waals surface area contributed by atoms with Crippen LogP contribution in [0.5, 0.6) is 0 Å². The molecule has 6 nitrogen and oxygen atoms in total. The van der Waals surface area contributed by atoms with E-state index in [1.807, 2.05) is 13.8 Å². The minimum absolute atomic E-state index is 0.270. The van der Waals surface area contributed by atoms with Gasteiger partial charge < -0.3 is 10.1 Å². The van der Waals surface area contributed by atoms with Gasteiger partial charge in [0.25, 0.3) is 5.91 Å². The number of carbonyl (C=O) groups excluding carboxylic acids is 2. The van der Waals surface area contributed by atoms with E-state index in [-0.39, 0.29) is 5.56 Å². The number of carbonyl (C=O) groups is 2. The molecule has 0 spiro atoms. The van der Waals surface area contributed by atoms with E-state index in [0.717, 1.165) is 11.4 Å². The number of amides is 1. The Morgan fingerprint density at radius 2 is 1.68 bits per heavy atom. The van der Waals surface area contributed by atoms with Gasteiger partial charge in [0.05, 0.1) is 28.0 Å². The van der Waals surface area contributed by atoms with Gasteiger partial charge in [-0.3, -0.25) is 4.79 Å². The van der Waals surface area contributed by atoms with Crippen molar-refractivity contribution in [3.63, 3.8) is 0 Å². The molecule has 144 valence electrons. The number of halogens is 1. The first kappa shape index (κ1) is 19.4. The first-order chi connectivity index (χ1) is 13.2. The van der Waals surface area contributed by atoms with Gasteiger partial charge in [0, 0.05) is 5.69 Å². The first-order valence-corrected chi connectivity index (χ1v) is 8.77. The Hall–Kier alpha value is -3.35. The third-order valence-electron chi connectivity index (χ3n) is 4.40. The summed E-state index contributed by atoms with van der Waals surface area (Å²) in [5.41, 5.74) is 3.88. The molecular formula is C21H20FN3O3. The molecule has 7 heteroatoms. The number of hydrogen-bond acceptors (Lipinski definition) is 5. The molecule has 0 saturated heterocycles. The van der Waals surface area contributed by atoms with Gasteiger partial charge in [0.1, 0.15) is 5.82 Å². The number of benzene rings is 2. The van der Waals surface area contributed by atoms with E-state index >= 15 is 0 Å². The molecule has 0 unspecified atom stereocenters. The smallest absolute Gasteiger partial charge is 0.338 e. The molecule has 0 aliphatic carbocycles. The summed E-state index contributed by atoms with van der Waals surface area (Å²) in [4.78, 5) is 33.5. The van der Waals surface area contributed by atoms with Crippen molar-refractivity contribution in [1.29, 1.82) is 0 Å². The molecule has 0 fully saturated rings. The lowest BCUT2D eigenvalue weighted by atomic mass is 10.2. The predicted molar refractivity (Wildman–Crippen MR) is 104 cm³/mol. The SMILES string of the molecule is Cc1ccc(NC(=O)[C@@H](C)OC(=O)c2ccc3nc(C)c(C)nc3c2)cc1F. The fraction of sp³-hybridized carbons (Fsp3) is 0.238. The average Bonchev–Trinajstić information content (AvgIpc) is 2.65. The van der Waals surface area contributed by atoms with E-state index in [1.54, 1.807) is 37.3 Å². The molecule has 1 amide bonds. The van der Waals surface area contributed by atoms with Crippen molar-refractivity contribution in [2.75, 3.05) is 5.32 Å². The zero-order valence-electron chi connectivity index (χ0n) is 16.0. The summed E-state index contributed by atoms with van der Waals surface area (Å²) in [6.07, 6.45) is -1.06. The van der Waals surface area contributed by atoms with Gasteiger partial charge >= 0.3 is 5.97 Å². The highest BCUT2D eigenvalue weighted by Crippen LogP contribution is 2.17. The van der Waals surface area contributed by atoms with Crippen LogP contribution in [0.4, 0.5) is 10.1 Å². The number of fused-ring (bicyclic) bond motifs is 1. The van der Waals surface area contributed by atoms with Gasteiger partial charge in [0.2, 0.25) is 0 Å². The largest absolute Gasteiger partial charge is 0.449 e. The summed E-state index contributed by atoms with van der Waals surface area (Å²) in [5, 5.41) is 2.53. The molecule has 2 aromatic carbocycles. The van der Waals surface area contributed by atoms with Crippen LogP contribution in [-0.4, -0.2) is 27.9 Å². The molecule has 3 aromatic rings. The van der Waals surface area contributed by atoms with Crippen molar-refractivity contribution in [1.82, 2.24) is 9.97 Å². The molecule has 0 bridgehead atoms. The number of ether oxygens (including phenoxy) is 1. The summed E-state index contributed by atoms with van der Waals surface area (Å²) in [5.74, 6) is -1.63. The summed E-state index contributed by atoms with van der Waals surface area (Å²) in [6.45, 7) is 6.78. The van der Waals surface area contributed by atoms with Crippen LogP contribution in [0.3, 0.4) is 0 Å². The minimum atomic E-state index is -1.06. The quantitative estimate of drug-likeness (QED) is 0.694. The Balaban J connectivity index is 1.70. The van der Waals surface area contributed by atoms with E-state index in [0.29, 0.717) is 22.3 Å². The van der Waals surface area contributed by atoms with Gasteiger partial charge in [-0.25, -0.2) is 19.2 Å². The van der Waals surface area contributed by atoms with Crippen molar-refractivity contribution in [3.8, 4) is 0 Å². The number of hydrogen-bond donors (Lipinski definition) is 1. The van der Waals surface area contributed by atoms with E-state index in [2.05, 4.69) is 15.3 Å². The van der Waals surface area contributed by atoms with Crippen LogP contribution >= 0.6 is 0 Å². The van der Waals surface area contributed by atoms with Crippen LogP contribution in [0, 0.1) is 26.6 Å². The molecule has 1 N–H and O–H groups in total. The molecule has 1 atom stereocenters. The summed E-state index contributed by atoms with van der Waals surface area (Å²) < 4.78 is 18.8. The molecular weight excluding hydrogens is 361 g/mol. The molecule has 0 aliphatic rings. The van der Waals surface area contributed by atoms with Crippen LogP contribution in [0.1, 0.15) is 34.2 Å². The van der Waals surface area contributed by atoms with E-state index < -0.39 is 23.8 Å². The molecule has 0 saturated carbocycles. The zero-order chi connectivity index (χ0) is 20.4. The van der Waals surface area contributed by atoms with Crippen molar-refractivity contribution >= 4 is 28.6 Å². The molecule has 1 aromatic heterocycles. The Kier molecular flexibility index (Phi) is 5.35. The summed E-state index contributed by atoms with van der Waals surface area (Å²) in [6, 6.07) is 9.20. The summed E-state index contributed by atoms with van der Waals surface area (Å²) in [7, 11) is 0. The lowest BCUT2D eigenvalue weighted by molar-refractivity contribution is -0.123. The van der Waals surface area contributed by atoms with Crippen LogP contribution < -0.4 is 5.32 Å². The topological polar surface area (TPSA) is 81.2 Å². The fourth-order valence-corrected chi connectivity index (χ4v) is 2.55. The van der Waals surface area contributed by atoms with Crippen molar-refractivity contribution in [2.24, 2.45) is 0 Å². The Bertz CT molecular complexity index is 1080. The van der Waals surface area contributed by atoms with Crippen molar-refractivity contribution in [2.45, 2.75) is 33.8 Å². The number of aryl methyl sites for hydroxylation is 3. The number of nitrogens with one attached hydrogen (secondary N) is 1. The lowest BCUT2D eigenvalue weighted by Crippen LogP contribution is -2.30. The second-order valence-corrected chi connectivity index (χ2v) is 6.60. The van der Waals surface area contributed by atoms with Crippen LogP contribution in [0.25, 0.3) is 11.0 Å². The monoisotopic (exact) mass is 381 g/mol. The van der Waals surface area contributed by atoms with Gasteiger partial charge in [0.15, 0.2) is 6.10 Å². The van der Waals surface area contributed by atoms with Crippen LogP contribution in [0.2, 0.25) is 0 Å². The molecule has 28 heavy (non-hydrogen) atoms. The third-order valence-corrected chi connectivity index (χ3v) is 4.40. The third kappa shape index (κ3) is 4.14. The molecule has 1 heterocycles. The number of rotatable bonds is 4. The fourth-order valence-electron chi connectivity index (χ4n) is 2.55. The van der Waals surface area contributed by atoms with E-state index in [9.17, 15) is 14.0 Å². The average molecular weight is 381 g/mol. The first-order valence-electron chi connectivity index (χ1n) is 8.77. The van der Waals surface area contributed by atoms with E-state index in [1.165, 1.54) is 13.0 Å². The van der Waals surface area contributed by atoms with Crippen molar-refractivity contribution < 1.29 is 18.7 Å². The Morgan fingerprint density at radius 3 is 2.36 bits per heavy atom. The highest BCUT2D eigenvalue weighted by Gasteiger charge is 2.20. The number of anilines is 1. The zero-order valence-corrected chi connectivity index (χ0v) is 16.0. The van der Waals surface area contributed by atoms with Gasteiger partial charge in [-0.2, -0.15) is 0 Å². The maximum absolute atomic E-state index is 13.6. The Morgan fingerprint density at radius 1 is 1.00 bits per heavy atom. The van der Waals surface area contributed by atoms with Gasteiger partial charge in [-0.1, -0.05) is 6.07 Å². The number of esters is 1. The molecule has 0 radical (unpaired) electrons. The normalized spacial score (nSPS) is 11.9. The molecule has 3 rings (SSSR count). The maximum atomic E-state index is 13.6. The van der Waals surface area contributed by atoms with Crippen LogP contribution in [0.15, 0.2) is 36.4 Å². The van der Waals surface area contributed by atoms with Crippen molar-refractivity contribution in [3.05, 3.63) is 64.7 Å². The number of nitrogens with zero attached hydrogens (tertiary/aromatic N) is 2. The minimum Gasteiger partial charge on any atom is -0.449 e. The van der Waals surface area contributed by atoms with Gasteiger partial charge in [-0.15, -0.1) is 0 Å². The molecule has 0 aliphatic heterocycles. The predicted octanol–water partition coefficient (Wildman–Crippen LogP) is 3.88. The standard InChI is InChI=1S/C21H20FN3O3/c1-11-5-7-16(10-17(11)22)25-20(26)14(4)28-21(27)15-6-8-18-19(9-15)24-13(3)12(2)23-18/h5-10,14H,1-4H3,(H,25,26)/t14-/m1/s1.